The molecule has 0 saturated heterocycles. The number of rotatable bonds is 2. The first-order chi connectivity index (χ1) is 6.07. The van der Waals surface area contributed by atoms with E-state index in [9.17, 15) is 8.78 Å². The number of halogens is 4. The van der Waals surface area contributed by atoms with E-state index in [0.717, 1.165) is 6.20 Å². The van der Waals surface area contributed by atoms with Crippen molar-refractivity contribution in [2.24, 2.45) is 0 Å². The molecule has 2 nitrogen and oxygen atoms in total. The van der Waals surface area contributed by atoms with Gasteiger partial charge in [0.2, 0.25) is 0 Å². The average molecular weight is 272 g/mol. The Morgan fingerprint density at radius 1 is 1.62 bits per heavy atom. The van der Waals surface area contributed by atoms with Crippen molar-refractivity contribution in [2.45, 2.75) is 13.0 Å². The molecule has 0 amide bonds. The van der Waals surface area contributed by atoms with Crippen molar-refractivity contribution in [1.82, 2.24) is 4.98 Å². The Morgan fingerprint density at radius 3 is 2.69 bits per heavy atom. The van der Waals surface area contributed by atoms with Crippen LogP contribution in [0.3, 0.4) is 0 Å². The number of alkyl halides is 2. The zero-order valence-corrected chi connectivity index (χ0v) is 8.61. The molecule has 1 heterocycles. The molecule has 1 rings (SSSR count). The summed E-state index contributed by atoms with van der Waals surface area (Å²) in [5.41, 5.74) is -0.228. The van der Waals surface area contributed by atoms with E-state index in [1.54, 1.807) is 0 Å². The second-order valence-electron chi connectivity index (χ2n) is 2.26. The zero-order valence-electron chi connectivity index (χ0n) is 6.27. The second-order valence-corrected chi connectivity index (χ2v) is 3.41. The van der Waals surface area contributed by atoms with E-state index >= 15 is 0 Å². The molecule has 0 bridgehead atoms. The van der Waals surface area contributed by atoms with Gasteiger partial charge in [0.25, 0.3) is 6.43 Å². The van der Waals surface area contributed by atoms with E-state index < -0.39 is 13.0 Å². The standard InChI is InChI=1S/C7H5BrClF2NO/c8-5-4(2-13)3(7(10)11)1-12-6(5)9/h1,7,13H,2H2. The molecular formula is C7H5BrClF2NO. The van der Waals surface area contributed by atoms with Crippen LogP contribution >= 0.6 is 27.5 Å². The number of pyridine rings is 1. The van der Waals surface area contributed by atoms with Gasteiger partial charge in [-0.15, -0.1) is 0 Å². The molecule has 1 aromatic heterocycles. The molecule has 0 saturated carbocycles. The summed E-state index contributed by atoms with van der Waals surface area (Å²) >= 11 is 8.53. The molecule has 0 aliphatic rings. The van der Waals surface area contributed by atoms with E-state index in [4.69, 9.17) is 16.7 Å². The Bertz CT molecular complexity index is 322. The molecular weight excluding hydrogens is 267 g/mol. The van der Waals surface area contributed by atoms with Gasteiger partial charge in [-0.05, 0) is 15.9 Å². The van der Waals surface area contributed by atoms with Gasteiger partial charge in [-0.25, -0.2) is 13.8 Å². The Labute approximate surface area is 86.7 Å². The molecule has 1 aromatic rings. The van der Waals surface area contributed by atoms with Crippen molar-refractivity contribution < 1.29 is 13.9 Å². The topological polar surface area (TPSA) is 33.1 Å². The number of hydrogen-bond acceptors (Lipinski definition) is 2. The highest BCUT2D eigenvalue weighted by Crippen LogP contribution is 2.31. The van der Waals surface area contributed by atoms with E-state index in [1.807, 2.05) is 0 Å². The molecule has 6 heteroatoms. The molecule has 0 unspecified atom stereocenters. The summed E-state index contributed by atoms with van der Waals surface area (Å²) in [6.45, 7) is -0.498. The molecule has 0 radical (unpaired) electrons. The first-order valence-corrected chi connectivity index (χ1v) is 4.46. The molecule has 0 atom stereocenters. The first-order valence-electron chi connectivity index (χ1n) is 3.29. The van der Waals surface area contributed by atoms with Crippen LogP contribution in [0.15, 0.2) is 10.7 Å². The van der Waals surface area contributed by atoms with Gasteiger partial charge in [-0.2, -0.15) is 0 Å². The minimum Gasteiger partial charge on any atom is -0.392 e. The molecule has 0 aromatic carbocycles. The summed E-state index contributed by atoms with van der Waals surface area (Å²) in [6.07, 6.45) is -1.70. The highest BCUT2D eigenvalue weighted by atomic mass is 79.9. The van der Waals surface area contributed by atoms with Gasteiger partial charge in [0.1, 0.15) is 5.15 Å². The van der Waals surface area contributed by atoms with Gasteiger partial charge in [-0.3, -0.25) is 0 Å². The molecule has 13 heavy (non-hydrogen) atoms. The fourth-order valence-electron chi connectivity index (χ4n) is 0.861. The monoisotopic (exact) mass is 271 g/mol. The van der Waals surface area contributed by atoms with Gasteiger partial charge in [-0.1, -0.05) is 11.6 Å². The normalized spacial score (nSPS) is 10.9. The quantitative estimate of drug-likeness (QED) is 0.840. The predicted molar refractivity (Wildman–Crippen MR) is 47.8 cm³/mol. The van der Waals surface area contributed by atoms with E-state index in [1.165, 1.54) is 0 Å². The smallest absolute Gasteiger partial charge is 0.265 e. The number of aliphatic hydroxyl groups excluding tert-OH is 1. The lowest BCUT2D eigenvalue weighted by atomic mass is 10.1. The van der Waals surface area contributed by atoms with E-state index in [-0.39, 0.29) is 20.8 Å². The highest BCUT2D eigenvalue weighted by molar-refractivity contribution is 9.10. The van der Waals surface area contributed by atoms with Gasteiger partial charge in [0.15, 0.2) is 0 Å². The fraction of sp³-hybridized carbons (Fsp3) is 0.286. The summed E-state index contributed by atoms with van der Waals surface area (Å²) in [6, 6.07) is 0. The van der Waals surface area contributed by atoms with Crippen molar-refractivity contribution in [3.8, 4) is 0 Å². The maximum Gasteiger partial charge on any atom is 0.265 e. The summed E-state index contributed by atoms with van der Waals surface area (Å²) < 4.78 is 24.8. The minimum absolute atomic E-state index is 0.0634. The van der Waals surface area contributed by atoms with Crippen LogP contribution in [0, 0.1) is 0 Å². The molecule has 0 aliphatic heterocycles. The van der Waals surface area contributed by atoms with Crippen LogP contribution < -0.4 is 0 Å². The first kappa shape index (κ1) is 10.8. The number of aliphatic hydroxyl groups is 1. The van der Waals surface area contributed by atoms with Crippen molar-refractivity contribution in [1.29, 1.82) is 0 Å². The van der Waals surface area contributed by atoms with E-state index in [0.29, 0.717) is 0 Å². The third-order valence-electron chi connectivity index (χ3n) is 1.50. The van der Waals surface area contributed by atoms with Crippen LogP contribution in [-0.2, 0) is 6.61 Å². The maximum absolute atomic E-state index is 12.3. The highest BCUT2D eigenvalue weighted by Gasteiger charge is 2.17. The van der Waals surface area contributed by atoms with Crippen LogP contribution in [0.4, 0.5) is 8.78 Å². The van der Waals surface area contributed by atoms with Crippen LogP contribution in [0.1, 0.15) is 17.6 Å². The van der Waals surface area contributed by atoms with E-state index in [2.05, 4.69) is 20.9 Å². The summed E-state index contributed by atoms with van der Waals surface area (Å²) in [5.74, 6) is 0. The third kappa shape index (κ3) is 2.15. The zero-order chi connectivity index (χ0) is 10.0. The molecule has 1 N–H and O–H groups in total. The Hall–Kier alpha value is -0.260. The lowest BCUT2D eigenvalue weighted by Crippen LogP contribution is -1.98. The summed E-state index contributed by atoms with van der Waals surface area (Å²) in [7, 11) is 0. The van der Waals surface area contributed by atoms with Crippen molar-refractivity contribution in [3.63, 3.8) is 0 Å². The van der Waals surface area contributed by atoms with Crippen LogP contribution in [-0.4, -0.2) is 10.1 Å². The third-order valence-corrected chi connectivity index (χ3v) is 2.87. The predicted octanol–water partition coefficient (Wildman–Crippen LogP) is 2.93. The number of nitrogens with zero attached hydrogens (tertiary/aromatic N) is 1. The fourth-order valence-corrected chi connectivity index (χ4v) is 1.48. The van der Waals surface area contributed by atoms with Crippen molar-refractivity contribution in [2.75, 3.05) is 0 Å². The minimum atomic E-state index is -2.66. The van der Waals surface area contributed by atoms with Gasteiger partial charge in [0, 0.05) is 17.3 Å². The number of hydrogen-bond donors (Lipinski definition) is 1. The van der Waals surface area contributed by atoms with Gasteiger partial charge in [0.05, 0.1) is 11.1 Å². The lowest BCUT2D eigenvalue weighted by Gasteiger charge is -2.08. The second kappa shape index (κ2) is 4.30. The Morgan fingerprint density at radius 2 is 2.23 bits per heavy atom. The Kier molecular flexibility index (Phi) is 3.58. The molecule has 0 spiro atoms. The van der Waals surface area contributed by atoms with Crippen LogP contribution in [0.2, 0.25) is 5.15 Å². The van der Waals surface area contributed by atoms with Crippen molar-refractivity contribution >= 4 is 27.5 Å². The SMILES string of the molecule is OCc1c(C(F)F)cnc(Cl)c1Br. The van der Waals surface area contributed by atoms with Gasteiger partial charge >= 0.3 is 0 Å². The Balaban J connectivity index is 3.30. The lowest BCUT2D eigenvalue weighted by molar-refractivity contribution is 0.146. The summed E-state index contributed by atoms with van der Waals surface area (Å²) in [4.78, 5) is 3.54. The summed E-state index contributed by atoms with van der Waals surface area (Å²) in [5, 5.41) is 8.89. The average Bonchev–Trinajstić information content (AvgIpc) is 2.09. The maximum atomic E-state index is 12.3. The molecule has 0 aliphatic carbocycles. The molecule has 72 valence electrons. The molecule has 0 fully saturated rings. The number of aromatic nitrogens is 1. The van der Waals surface area contributed by atoms with Crippen LogP contribution in [0.25, 0.3) is 0 Å². The van der Waals surface area contributed by atoms with Crippen molar-refractivity contribution in [3.05, 3.63) is 26.9 Å². The van der Waals surface area contributed by atoms with Gasteiger partial charge < -0.3 is 5.11 Å². The largest absolute Gasteiger partial charge is 0.392 e. The van der Waals surface area contributed by atoms with Crippen LogP contribution in [0.5, 0.6) is 0 Å².